The van der Waals surface area contributed by atoms with Crippen LogP contribution in [0, 0.1) is 0 Å². The van der Waals surface area contributed by atoms with E-state index in [-0.39, 0.29) is 68.9 Å². The van der Waals surface area contributed by atoms with Crippen molar-refractivity contribution < 1.29 is 15.0 Å². The number of rotatable bonds is 16. The number of hydrogen-bond donors (Lipinski definition) is 2. The van der Waals surface area contributed by atoms with E-state index in [2.05, 4.69) is 6.92 Å². The SMILES string of the molecule is CCCCCCCCCCCCCCCCC(C)(O)C(=O)O.[CsH]. The molecule has 0 aromatic rings. The van der Waals surface area contributed by atoms with Crippen molar-refractivity contribution in [1.29, 1.82) is 0 Å². The van der Waals surface area contributed by atoms with E-state index >= 15 is 0 Å². The first-order chi connectivity index (χ1) is 10.5. The summed E-state index contributed by atoms with van der Waals surface area (Å²) in [4.78, 5) is 10.7. The van der Waals surface area contributed by atoms with Crippen molar-refractivity contribution in [3.8, 4) is 0 Å². The van der Waals surface area contributed by atoms with Gasteiger partial charge in [0.05, 0.1) is 0 Å². The molecule has 2 N–H and O–H groups in total. The summed E-state index contributed by atoms with van der Waals surface area (Å²) in [7, 11) is 0. The monoisotopic (exact) mass is 448 g/mol. The van der Waals surface area contributed by atoms with Crippen LogP contribution in [0.5, 0.6) is 0 Å². The van der Waals surface area contributed by atoms with Gasteiger partial charge in [-0.2, -0.15) is 0 Å². The molecule has 0 spiro atoms. The van der Waals surface area contributed by atoms with Gasteiger partial charge in [0, 0.05) is 0 Å². The summed E-state index contributed by atoms with van der Waals surface area (Å²) in [5, 5.41) is 18.4. The molecule has 4 heteroatoms. The Kier molecular flexibility index (Phi) is 21.2. The molecule has 0 aliphatic heterocycles. The van der Waals surface area contributed by atoms with Crippen molar-refractivity contribution >= 4 is 74.9 Å². The van der Waals surface area contributed by atoms with Crippen molar-refractivity contribution in [2.45, 2.75) is 116 Å². The number of aliphatic carboxylic acids is 1. The summed E-state index contributed by atoms with van der Waals surface area (Å²) in [6.07, 6.45) is 18.3. The molecule has 0 aromatic carbocycles. The summed E-state index contributed by atoms with van der Waals surface area (Å²) in [6.45, 7) is 3.65. The van der Waals surface area contributed by atoms with Crippen LogP contribution in [0.15, 0.2) is 0 Å². The van der Waals surface area contributed by atoms with Crippen LogP contribution >= 0.6 is 0 Å². The molecule has 0 heterocycles. The molecule has 1 atom stereocenters. The maximum absolute atomic E-state index is 10.7. The van der Waals surface area contributed by atoms with Gasteiger partial charge in [-0.25, -0.2) is 4.79 Å². The van der Waals surface area contributed by atoms with Crippen LogP contribution in [-0.4, -0.2) is 90.7 Å². The van der Waals surface area contributed by atoms with Crippen LogP contribution in [0.1, 0.15) is 110 Å². The van der Waals surface area contributed by atoms with Crippen molar-refractivity contribution in [3.63, 3.8) is 0 Å². The van der Waals surface area contributed by atoms with Crippen molar-refractivity contribution in [2.24, 2.45) is 0 Å². The van der Waals surface area contributed by atoms with E-state index in [0.29, 0.717) is 6.42 Å². The maximum atomic E-state index is 10.7. The minimum absolute atomic E-state index is 0. The first-order valence-electron chi connectivity index (χ1n) is 9.46. The Labute approximate surface area is 202 Å². The Morgan fingerprint density at radius 2 is 1.04 bits per heavy atom. The van der Waals surface area contributed by atoms with Gasteiger partial charge in [0.1, 0.15) is 0 Å². The van der Waals surface area contributed by atoms with Gasteiger partial charge in [0.15, 0.2) is 5.60 Å². The third-order valence-corrected chi connectivity index (χ3v) is 4.48. The number of unbranched alkanes of at least 4 members (excludes halogenated alkanes) is 13. The fraction of sp³-hybridized carbons (Fsp3) is 0.947. The molecule has 3 nitrogen and oxygen atoms in total. The zero-order valence-electron chi connectivity index (χ0n) is 14.9. The van der Waals surface area contributed by atoms with Crippen molar-refractivity contribution in [3.05, 3.63) is 0 Å². The zero-order chi connectivity index (χ0) is 16.7. The van der Waals surface area contributed by atoms with Gasteiger partial charge in [0.25, 0.3) is 0 Å². The van der Waals surface area contributed by atoms with Gasteiger partial charge in [-0.3, -0.25) is 0 Å². The van der Waals surface area contributed by atoms with Gasteiger partial charge < -0.3 is 10.2 Å². The van der Waals surface area contributed by atoms with E-state index in [1.54, 1.807) is 0 Å². The summed E-state index contributed by atoms with van der Waals surface area (Å²) < 4.78 is 0. The molecule has 134 valence electrons. The normalized spacial score (nSPS) is 13.3. The molecule has 0 aliphatic rings. The van der Waals surface area contributed by atoms with E-state index in [1.807, 2.05) is 0 Å². The Balaban J connectivity index is 0. The second-order valence-electron chi connectivity index (χ2n) is 6.93. The number of carbonyl (C=O) groups is 1. The predicted molar refractivity (Wildman–Crippen MR) is 100 cm³/mol. The molecule has 0 saturated carbocycles. The van der Waals surface area contributed by atoms with E-state index in [4.69, 9.17) is 5.11 Å². The first kappa shape index (κ1) is 26.7. The van der Waals surface area contributed by atoms with Gasteiger partial charge >= 0.3 is 74.9 Å². The van der Waals surface area contributed by atoms with E-state index in [1.165, 1.54) is 77.6 Å². The summed E-state index contributed by atoms with van der Waals surface area (Å²) in [5.41, 5.74) is -1.54. The van der Waals surface area contributed by atoms with Crippen LogP contribution in [-0.2, 0) is 4.79 Å². The number of carboxylic acids is 1. The average molecular weight is 448 g/mol. The number of carboxylic acid groups (broad SMARTS) is 1. The van der Waals surface area contributed by atoms with Crippen LogP contribution in [0.25, 0.3) is 0 Å². The molecular weight excluding hydrogens is 409 g/mol. The summed E-state index contributed by atoms with van der Waals surface area (Å²) >= 11 is 0. The molecule has 0 aromatic heterocycles. The van der Waals surface area contributed by atoms with Crippen molar-refractivity contribution in [2.75, 3.05) is 0 Å². The van der Waals surface area contributed by atoms with Gasteiger partial charge in [-0.1, -0.05) is 90.4 Å². The second-order valence-corrected chi connectivity index (χ2v) is 6.93. The first-order valence-corrected chi connectivity index (χ1v) is 9.46. The number of aliphatic hydroxyl groups is 1. The van der Waals surface area contributed by atoms with Gasteiger partial charge in [0.2, 0.25) is 0 Å². The fourth-order valence-corrected chi connectivity index (χ4v) is 2.77. The Morgan fingerprint density at radius 3 is 1.35 bits per heavy atom. The van der Waals surface area contributed by atoms with Crippen LogP contribution < -0.4 is 0 Å². The Morgan fingerprint density at radius 1 is 0.739 bits per heavy atom. The van der Waals surface area contributed by atoms with Gasteiger partial charge in [-0.15, -0.1) is 0 Å². The van der Waals surface area contributed by atoms with Crippen LogP contribution in [0.4, 0.5) is 0 Å². The zero-order valence-corrected chi connectivity index (χ0v) is 14.9. The molecule has 0 saturated heterocycles. The standard InChI is InChI=1S/C19H38O3.Cs.H/c1-3-4-5-6-7-8-9-10-11-12-13-14-15-16-17-19(2,22)18(20)21;;/h22H,3-17H2,1-2H3,(H,20,21);;. The molecule has 0 bridgehead atoms. The van der Waals surface area contributed by atoms with E-state index < -0.39 is 11.6 Å². The molecule has 0 radical (unpaired) electrons. The average Bonchev–Trinajstić information content (AvgIpc) is 2.47. The van der Waals surface area contributed by atoms with Crippen molar-refractivity contribution in [1.82, 2.24) is 0 Å². The molecule has 23 heavy (non-hydrogen) atoms. The molecule has 0 aliphatic carbocycles. The summed E-state index contributed by atoms with van der Waals surface area (Å²) in [6, 6.07) is 0. The molecule has 0 fully saturated rings. The third-order valence-electron chi connectivity index (χ3n) is 4.48. The van der Waals surface area contributed by atoms with Crippen LogP contribution in [0.3, 0.4) is 0 Å². The van der Waals surface area contributed by atoms with Crippen LogP contribution in [0.2, 0.25) is 0 Å². The molecule has 1 unspecified atom stereocenters. The van der Waals surface area contributed by atoms with E-state index in [0.717, 1.165) is 19.3 Å². The second kappa shape index (κ2) is 18.3. The van der Waals surface area contributed by atoms with Gasteiger partial charge in [-0.05, 0) is 19.8 Å². The quantitative estimate of drug-likeness (QED) is 0.325. The fourth-order valence-electron chi connectivity index (χ4n) is 2.77. The predicted octanol–water partition coefficient (Wildman–Crippen LogP) is 5.04. The third kappa shape index (κ3) is 18.1. The molecule has 0 rings (SSSR count). The Bertz CT molecular complexity index is 267. The number of hydrogen-bond acceptors (Lipinski definition) is 2. The Hall–Kier alpha value is 1.48. The molecule has 0 amide bonds. The molecular formula is C19H39CsO3. The summed E-state index contributed by atoms with van der Waals surface area (Å²) in [5.74, 6) is -1.11. The minimum atomic E-state index is -1.54. The van der Waals surface area contributed by atoms with E-state index in [9.17, 15) is 9.90 Å². The topological polar surface area (TPSA) is 57.5 Å².